The van der Waals surface area contributed by atoms with Gasteiger partial charge in [0.1, 0.15) is 12.3 Å². The number of hydrogen-bond donors (Lipinski definition) is 2. The molecule has 8 heteroatoms. The van der Waals surface area contributed by atoms with E-state index < -0.39 is 29.7 Å². The van der Waals surface area contributed by atoms with Gasteiger partial charge < -0.3 is 14.9 Å². The van der Waals surface area contributed by atoms with Crippen LogP contribution in [0.1, 0.15) is 18.2 Å². The van der Waals surface area contributed by atoms with Gasteiger partial charge in [0.2, 0.25) is 0 Å². The van der Waals surface area contributed by atoms with Crippen LogP contribution in [-0.2, 0) is 11.8 Å². The summed E-state index contributed by atoms with van der Waals surface area (Å²) in [6.07, 6.45) is 1.42. The first-order chi connectivity index (χ1) is 9.99. The Hall–Kier alpha value is -2.21. The molecule has 0 radical (unpaired) electrons. The topological polar surface area (TPSA) is 117 Å². The summed E-state index contributed by atoms with van der Waals surface area (Å²) < 4.78 is 7.48. The average molecular weight is 293 g/mol. The molecule has 1 aromatic rings. The van der Waals surface area contributed by atoms with E-state index in [-0.39, 0.29) is 18.6 Å². The van der Waals surface area contributed by atoms with Gasteiger partial charge in [0.15, 0.2) is 0 Å². The van der Waals surface area contributed by atoms with Crippen LogP contribution in [0.4, 0.5) is 0 Å². The van der Waals surface area contributed by atoms with E-state index in [0.717, 1.165) is 10.6 Å². The van der Waals surface area contributed by atoms with Crippen molar-refractivity contribution in [2.24, 2.45) is 7.05 Å². The molecule has 112 valence electrons. The molecule has 0 amide bonds. The van der Waals surface area contributed by atoms with E-state index in [1.165, 1.54) is 23.9 Å². The minimum absolute atomic E-state index is 0.130. The van der Waals surface area contributed by atoms with Gasteiger partial charge in [-0.3, -0.25) is 13.9 Å². The lowest BCUT2D eigenvalue weighted by Crippen LogP contribution is -2.40. The fourth-order valence-electron chi connectivity index (χ4n) is 2.21. The van der Waals surface area contributed by atoms with Crippen LogP contribution < -0.4 is 11.2 Å². The molecule has 0 saturated carbocycles. The highest BCUT2D eigenvalue weighted by Crippen LogP contribution is 2.27. The summed E-state index contributed by atoms with van der Waals surface area (Å²) in [7, 11) is 1.32. The molecule has 8 nitrogen and oxygen atoms in total. The number of nitriles is 1. The quantitative estimate of drug-likeness (QED) is 0.671. The van der Waals surface area contributed by atoms with Gasteiger partial charge in [-0.1, -0.05) is 0 Å². The summed E-state index contributed by atoms with van der Waals surface area (Å²) in [5.74, 6) is 0. The molecular formula is C13H15N3O5. The summed E-state index contributed by atoms with van der Waals surface area (Å²) in [5, 5.41) is 27.3. The third-order valence-electron chi connectivity index (χ3n) is 3.37. The normalized spacial score (nSPS) is 25.3. The highest BCUT2D eigenvalue weighted by molar-refractivity contribution is 5.49. The minimum Gasteiger partial charge on any atom is -0.394 e. The van der Waals surface area contributed by atoms with Crippen molar-refractivity contribution in [1.29, 1.82) is 5.26 Å². The third-order valence-corrected chi connectivity index (χ3v) is 3.37. The molecule has 1 fully saturated rings. The van der Waals surface area contributed by atoms with Crippen molar-refractivity contribution in [2.75, 3.05) is 6.61 Å². The van der Waals surface area contributed by atoms with Crippen LogP contribution >= 0.6 is 0 Å². The standard InChI is InChI=1S/C13H15N3O5/c1-15-12(19)8(3-2-4-14)6-16(13(15)20)11-5-9(18)10(7-17)21-11/h2-3,6,9-11,17-18H,5,7H2,1H3/t9-,10+,11+/m0/s1. The highest BCUT2D eigenvalue weighted by atomic mass is 16.5. The van der Waals surface area contributed by atoms with Gasteiger partial charge in [0.25, 0.3) is 5.56 Å². The summed E-state index contributed by atoms with van der Waals surface area (Å²) in [6.45, 7) is -0.362. The molecule has 1 aromatic heterocycles. The minimum atomic E-state index is -0.887. The van der Waals surface area contributed by atoms with Crippen LogP contribution in [0.15, 0.2) is 21.9 Å². The SMILES string of the molecule is Cn1c(=O)c(C=CC#N)cn([C@H]2C[C@H](O)[C@@H](CO)O2)c1=O. The first-order valence-corrected chi connectivity index (χ1v) is 6.32. The van der Waals surface area contributed by atoms with E-state index >= 15 is 0 Å². The Morgan fingerprint density at radius 3 is 2.86 bits per heavy atom. The Balaban J connectivity index is 2.48. The Bertz CT molecular complexity index is 712. The average Bonchev–Trinajstić information content (AvgIpc) is 2.85. The Kier molecular flexibility index (Phi) is 4.37. The second-order valence-corrected chi connectivity index (χ2v) is 4.72. The van der Waals surface area contributed by atoms with Crippen LogP contribution in [-0.4, -0.2) is 38.2 Å². The Morgan fingerprint density at radius 2 is 2.29 bits per heavy atom. The van der Waals surface area contributed by atoms with Gasteiger partial charge in [-0.05, 0) is 6.08 Å². The van der Waals surface area contributed by atoms with Crippen molar-refractivity contribution >= 4 is 6.08 Å². The number of ether oxygens (including phenoxy) is 1. The maximum atomic E-state index is 12.1. The van der Waals surface area contributed by atoms with Gasteiger partial charge in [-0.25, -0.2) is 4.79 Å². The van der Waals surface area contributed by atoms with E-state index in [2.05, 4.69) is 0 Å². The van der Waals surface area contributed by atoms with Crippen LogP contribution in [0.25, 0.3) is 6.08 Å². The molecule has 2 rings (SSSR count). The summed E-state index contributed by atoms with van der Waals surface area (Å²) >= 11 is 0. The molecule has 0 unspecified atom stereocenters. The van der Waals surface area contributed by atoms with Crippen LogP contribution in [0.5, 0.6) is 0 Å². The zero-order valence-electron chi connectivity index (χ0n) is 11.3. The second kappa shape index (κ2) is 6.05. The molecule has 0 aliphatic carbocycles. The predicted molar refractivity (Wildman–Crippen MR) is 72.2 cm³/mol. The van der Waals surface area contributed by atoms with Crippen molar-refractivity contribution in [1.82, 2.24) is 9.13 Å². The van der Waals surface area contributed by atoms with Crippen molar-refractivity contribution in [3.63, 3.8) is 0 Å². The van der Waals surface area contributed by atoms with E-state index in [9.17, 15) is 14.7 Å². The molecule has 3 atom stereocenters. The van der Waals surface area contributed by atoms with Crippen molar-refractivity contribution in [2.45, 2.75) is 24.9 Å². The van der Waals surface area contributed by atoms with Gasteiger partial charge in [0, 0.05) is 25.7 Å². The van der Waals surface area contributed by atoms with E-state index in [0.29, 0.717) is 0 Å². The summed E-state index contributed by atoms with van der Waals surface area (Å²) in [5.41, 5.74) is -0.964. The molecular weight excluding hydrogens is 278 g/mol. The largest absolute Gasteiger partial charge is 0.394 e. The molecule has 0 bridgehead atoms. The van der Waals surface area contributed by atoms with E-state index in [4.69, 9.17) is 15.1 Å². The van der Waals surface area contributed by atoms with Gasteiger partial charge in [-0.2, -0.15) is 5.26 Å². The molecule has 21 heavy (non-hydrogen) atoms. The molecule has 0 spiro atoms. The number of hydrogen-bond acceptors (Lipinski definition) is 6. The molecule has 2 N–H and O–H groups in total. The fraction of sp³-hybridized carbons (Fsp3) is 0.462. The number of aliphatic hydroxyl groups is 2. The first kappa shape index (κ1) is 15.2. The van der Waals surface area contributed by atoms with E-state index in [1.54, 1.807) is 6.07 Å². The number of aliphatic hydroxyl groups excluding tert-OH is 2. The zero-order valence-corrected chi connectivity index (χ0v) is 11.3. The molecule has 1 aliphatic rings. The van der Waals surface area contributed by atoms with E-state index in [1.807, 2.05) is 0 Å². The van der Waals surface area contributed by atoms with Crippen LogP contribution in [0, 0.1) is 11.3 Å². The lowest BCUT2D eigenvalue weighted by molar-refractivity contribution is -0.0462. The number of rotatable bonds is 3. The lowest BCUT2D eigenvalue weighted by atomic mass is 10.2. The monoisotopic (exact) mass is 293 g/mol. The van der Waals surface area contributed by atoms with Gasteiger partial charge in [-0.15, -0.1) is 0 Å². The molecule has 1 saturated heterocycles. The maximum absolute atomic E-state index is 12.1. The first-order valence-electron chi connectivity index (χ1n) is 6.32. The maximum Gasteiger partial charge on any atom is 0.332 e. The van der Waals surface area contributed by atoms with Crippen molar-refractivity contribution in [3.05, 3.63) is 38.7 Å². The van der Waals surface area contributed by atoms with Crippen LogP contribution in [0.3, 0.4) is 0 Å². The number of nitrogens with zero attached hydrogens (tertiary/aromatic N) is 3. The van der Waals surface area contributed by atoms with Gasteiger partial charge >= 0.3 is 5.69 Å². The predicted octanol–water partition coefficient (Wildman–Crippen LogP) is -1.28. The highest BCUT2D eigenvalue weighted by Gasteiger charge is 2.35. The number of aromatic nitrogens is 2. The molecule has 0 aromatic carbocycles. The molecule has 1 aliphatic heterocycles. The Labute approximate surface area is 119 Å². The Morgan fingerprint density at radius 1 is 1.57 bits per heavy atom. The third kappa shape index (κ3) is 2.80. The summed E-state index contributed by atoms with van der Waals surface area (Å²) in [4.78, 5) is 24.0. The van der Waals surface area contributed by atoms with Crippen LogP contribution in [0.2, 0.25) is 0 Å². The van der Waals surface area contributed by atoms with Crippen molar-refractivity contribution < 1.29 is 14.9 Å². The zero-order chi connectivity index (χ0) is 15.6. The second-order valence-electron chi connectivity index (χ2n) is 4.72. The smallest absolute Gasteiger partial charge is 0.332 e. The fourth-order valence-corrected chi connectivity index (χ4v) is 2.21. The summed E-state index contributed by atoms with van der Waals surface area (Å²) in [6, 6.07) is 1.77. The van der Waals surface area contributed by atoms with Crippen molar-refractivity contribution in [3.8, 4) is 6.07 Å². The van der Waals surface area contributed by atoms with Gasteiger partial charge in [0.05, 0.1) is 24.3 Å². The number of allylic oxidation sites excluding steroid dienone is 1. The molecule has 2 heterocycles. The lowest BCUT2D eigenvalue weighted by Gasteiger charge is -2.16.